The molecule has 0 radical (unpaired) electrons. The number of benzene rings is 11. The van der Waals surface area contributed by atoms with E-state index in [1.165, 1.54) is 60.8 Å². The van der Waals surface area contributed by atoms with Crippen molar-refractivity contribution in [1.82, 2.24) is 0 Å². The van der Waals surface area contributed by atoms with Crippen molar-refractivity contribution in [2.45, 2.75) is 5.41 Å². The first-order valence-electron chi connectivity index (χ1n) is 23.1. The highest BCUT2D eigenvalue weighted by atomic mass is 16.3. The second-order valence-corrected chi connectivity index (χ2v) is 17.5. The number of nitrogens with zero attached hydrogens (tertiary/aromatic N) is 1. The lowest BCUT2D eigenvalue weighted by Gasteiger charge is -2.34. The Morgan fingerprint density at radius 3 is 1.69 bits per heavy atom. The summed E-state index contributed by atoms with van der Waals surface area (Å²) in [5, 5.41) is 4.72. The van der Waals surface area contributed by atoms with Crippen LogP contribution in [0.5, 0.6) is 0 Å². The summed E-state index contributed by atoms with van der Waals surface area (Å²) in [6.07, 6.45) is 0. The fourth-order valence-corrected chi connectivity index (χ4v) is 11.0. The van der Waals surface area contributed by atoms with Gasteiger partial charge < -0.3 is 9.32 Å². The van der Waals surface area contributed by atoms with E-state index in [0.717, 1.165) is 55.7 Å². The van der Waals surface area contributed by atoms with Gasteiger partial charge in [-0.1, -0.05) is 212 Å². The van der Waals surface area contributed by atoms with E-state index in [4.69, 9.17) is 4.42 Å². The van der Waals surface area contributed by atoms with Gasteiger partial charge in [-0.2, -0.15) is 0 Å². The second kappa shape index (κ2) is 15.8. The van der Waals surface area contributed by atoms with E-state index in [2.05, 4.69) is 254 Å². The van der Waals surface area contributed by atoms with Gasteiger partial charge in [-0.15, -0.1) is 0 Å². The highest BCUT2D eigenvalue weighted by molar-refractivity contribution is 6.07. The lowest BCUT2D eigenvalue weighted by atomic mass is 9.68. The minimum Gasteiger partial charge on any atom is -0.456 e. The number of furan rings is 1. The fraction of sp³-hybridized carbons (Fsp3) is 0.0154. The van der Waals surface area contributed by atoms with Gasteiger partial charge in [-0.05, 0) is 115 Å². The van der Waals surface area contributed by atoms with Crippen molar-refractivity contribution in [2.75, 3.05) is 4.90 Å². The zero-order valence-corrected chi connectivity index (χ0v) is 36.7. The lowest BCUT2D eigenvalue weighted by molar-refractivity contribution is 0.669. The van der Waals surface area contributed by atoms with E-state index in [1.54, 1.807) is 0 Å². The zero-order chi connectivity index (χ0) is 44.3. The van der Waals surface area contributed by atoms with Gasteiger partial charge in [0.25, 0.3) is 0 Å². The molecular weight excluding hydrogens is 811 g/mol. The third kappa shape index (κ3) is 6.18. The maximum atomic E-state index is 6.32. The predicted molar refractivity (Wildman–Crippen MR) is 280 cm³/mol. The van der Waals surface area contributed by atoms with Gasteiger partial charge in [0.15, 0.2) is 0 Å². The molecule has 2 nitrogen and oxygen atoms in total. The topological polar surface area (TPSA) is 16.4 Å². The molecule has 314 valence electrons. The molecule has 13 rings (SSSR count). The summed E-state index contributed by atoms with van der Waals surface area (Å²) in [5.41, 5.74) is 19.0. The minimum absolute atomic E-state index is 0.540. The molecule has 1 aliphatic carbocycles. The molecule has 0 bridgehead atoms. The van der Waals surface area contributed by atoms with Crippen LogP contribution in [0, 0.1) is 0 Å². The van der Waals surface area contributed by atoms with E-state index < -0.39 is 5.41 Å². The SMILES string of the molecule is c1ccc(C2(c3ccccc3)c3ccccc3-c3c(N(c4ccc(-c5cccc(-c6cccc7ccccc67)c5)cc4)c4ccccc4-c4ccc5oc6ccccc6c5c4)cccc32)cc1. The first kappa shape index (κ1) is 38.7. The summed E-state index contributed by atoms with van der Waals surface area (Å²) in [6, 6.07) is 95.2. The van der Waals surface area contributed by atoms with Crippen molar-refractivity contribution < 1.29 is 4.42 Å². The summed E-state index contributed by atoms with van der Waals surface area (Å²) in [5.74, 6) is 0. The third-order valence-electron chi connectivity index (χ3n) is 14.0. The van der Waals surface area contributed by atoms with Crippen LogP contribution < -0.4 is 4.90 Å². The summed E-state index contributed by atoms with van der Waals surface area (Å²) < 4.78 is 6.32. The Bertz CT molecular complexity index is 3760. The van der Waals surface area contributed by atoms with Crippen molar-refractivity contribution in [1.29, 1.82) is 0 Å². The average molecular weight is 854 g/mol. The minimum atomic E-state index is -0.540. The number of hydrogen-bond acceptors (Lipinski definition) is 2. The predicted octanol–water partition coefficient (Wildman–Crippen LogP) is 17.6. The van der Waals surface area contributed by atoms with Crippen LogP contribution in [0.15, 0.2) is 265 Å². The van der Waals surface area contributed by atoms with Crippen LogP contribution in [-0.2, 0) is 5.41 Å². The molecular formula is C65H43NO. The molecule has 0 saturated heterocycles. The van der Waals surface area contributed by atoms with Crippen LogP contribution in [-0.4, -0.2) is 0 Å². The molecule has 1 aliphatic rings. The smallest absolute Gasteiger partial charge is 0.135 e. The molecule has 0 unspecified atom stereocenters. The second-order valence-electron chi connectivity index (χ2n) is 17.5. The van der Waals surface area contributed by atoms with Gasteiger partial charge in [0.2, 0.25) is 0 Å². The van der Waals surface area contributed by atoms with Crippen molar-refractivity contribution >= 4 is 49.8 Å². The van der Waals surface area contributed by atoms with Crippen LogP contribution in [0.25, 0.3) is 77.2 Å². The molecule has 1 heterocycles. The first-order valence-corrected chi connectivity index (χ1v) is 23.1. The van der Waals surface area contributed by atoms with E-state index in [1.807, 2.05) is 12.1 Å². The van der Waals surface area contributed by atoms with Gasteiger partial charge in [-0.25, -0.2) is 0 Å². The van der Waals surface area contributed by atoms with Crippen LogP contribution in [0.4, 0.5) is 17.1 Å². The Morgan fingerprint density at radius 1 is 0.313 bits per heavy atom. The molecule has 2 heteroatoms. The Kier molecular flexibility index (Phi) is 9.11. The number of fused-ring (bicyclic) bond motifs is 7. The molecule has 0 spiro atoms. The number of hydrogen-bond donors (Lipinski definition) is 0. The molecule has 67 heavy (non-hydrogen) atoms. The maximum absolute atomic E-state index is 6.32. The molecule has 0 saturated carbocycles. The summed E-state index contributed by atoms with van der Waals surface area (Å²) in [6.45, 7) is 0. The Labute approximate surface area is 390 Å². The van der Waals surface area contributed by atoms with Crippen LogP contribution in [0.2, 0.25) is 0 Å². The Hall–Kier alpha value is -8.72. The normalized spacial score (nSPS) is 12.6. The molecule has 12 aromatic rings. The standard InChI is InChI=1S/C65H43NO/c1-3-22-49(23-4-1)65(50-24-5-2-6-25-50)58-31-12-9-29-56(58)64-59(65)32-17-34-61(64)66(60-33-13-10-27-54(60)48-38-41-63-57(43-48)55-28-11-14-35-62(55)67-63)51-39-36-44(37-40-51)46-20-15-21-47(42-46)53-30-16-19-45-18-7-8-26-52(45)53/h1-43H. The van der Waals surface area contributed by atoms with E-state index >= 15 is 0 Å². The molecule has 0 amide bonds. The highest BCUT2D eigenvalue weighted by Gasteiger charge is 2.47. The third-order valence-corrected chi connectivity index (χ3v) is 14.0. The van der Waals surface area contributed by atoms with E-state index in [9.17, 15) is 0 Å². The molecule has 11 aromatic carbocycles. The average Bonchev–Trinajstić information content (AvgIpc) is 3.93. The monoisotopic (exact) mass is 853 g/mol. The van der Waals surface area contributed by atoms with Crippen LogP contribution in [0.1, 0.15) is 22.3 Å². The maximum Gasteiger partial charge on any atom is 0.135 e. The summed E-state index contributed by atoms with van der Waals surface area (Å²) in [4.78, 5) is 2.49. The van der Waals surface area contributed by atoms with Crippen LogP contribution in [0.3, 0.4) is 0 Å². The molecule has 0 N–H and O–H groups in total. The lowest BCUT2D eigenvalue weighted by Crippen LogP contribution is -2.28. The fourth-order valence-electron chi connectivity index (χ4n) is 11.0. The number of anilines is 3. The van der Waals surface area contributed by atoms with Crippen molar-refractivity contribution in [3.05, 3.63) is 283 Å². The van der Waals surface area contributed by atoms with Crippen molar-refractivity contribution in [3.63, 3.8) is 0 Å². The Balaban J connectivity index is 1.03. The van der Waals surface area contributed by atoms with Gasteiger partial charge in [0, 0.05) is 27.6 Å². The summed E-state index contributed by atoms with van der Waals surface area (Å²) >= 11 is 0. The van der Waals surface area contributed by atoms with Crippen LogP contribution >= 0.6 is 0 Å². The zero-order valence-electron chi connectivity index (χ0n) is 36.7. The van der Waals surface area contributed by atoms with Gasteiger partial charge in [0.05, 0.1) is 16.8 Å². The Morgan fingerprint density at radius 2 is 0.866 bits per heavy atom. The number of rotatable bonds is 8. The molecule has 1 aromatic heterocycles. The number of para-hydroxylation sites is 2. The first-order chi connectivity index (χ1) is 33.2. The van der Waals surface area contributed by atoms with Gasteiger partial charge in [-0.3, -0.25) is 0 Å². The van der Waals surface area contributed by atoms with Gasteiger partial charge >= 0.3 is 0 Å². The molecule has 0 fully saturated rings. The summed E-state index contributed by atoms with van der Waals surface area (Å²) in [7, 11) is 0. The van der Waals surface area contributed by atoms with Gasteiger partial charge in [0.1, 0.15) is 11.2 Å². The quantitative estimate of drug-likeness (QED) is 0.151. The largest absolute Gasteiger partial charge is 0.456 e. The van der Waals surface area contributed by atoms with Crippen molar-refractivity contribution in [2.24, 2.45) is 0 Å². The van der Waals surface area contributed by atoms with Crippen molar-refractivity contribution in [3.8, 4) is 44.5 Å². The molecule has 0 aliphatic heterocycles. The van der Waals surface area contributed by atoms with E-state index in [0.29, 0.717) is 0 Å². The molecule has 0 atom stereocenters. The highest BCUT2D eigenvalue weighted by Crippen LogP contribution is 2.60. The van der Waals surface area contributed by atoms with E-state index in [-0.39, 0.29) is 0 Å².